The molecule has 1 aliphatic carbocycles. The van der Waals surface area contributed by atoms with Crippen molar-refractivity contribution in [1.29, 1.82) is 0 Å². The smallest absolute Gasteiger partial charge is 0.306 e. The summed E-state index contributed by atoms with van der Waals surface area (Å²) in [4.78, 5) is 11.1. The van der Waals surface area contributed by atoms with Gasteiger partial charge in [-0.1, -0.05) is 12.8 Å². The minimum Gasteiger partial charge on any atom is -0.481 e. The number of hydrogen-bond donors (Lipinski definition) is 2. The molecule has 3 atom stereocenters. The second kappa shape index (κ2) is 4.30. The fourth-order valence-corrected chi connectivity index (χ4v) is 3.02. The molecule has 1 saturated carbocycles. The average Bonchev–Trinajstić information content (AvgIpc) is 2.39. The molecular weight excluding hydrogens is 178 g/mol. The number of fused-ring (bicyclic) bond motifs is 1. The first-order valence-corrected chi connectivity index (χ1v) is 5.75. The van der Waals surface area contributed by atoms with E-state index in [0.717, 1.165) is 25.8 Å². The Morgan fingerprint density at radius 1 is 1.14 bits per heavy atom. The summed E-state index contributed by atoms with van der Waals surface area (Å²) in [6, 6.07) is 0.479. The van der Waals surface area contributed by atoms with Crippen molar-refractivity contribution in [3.8, 4) is 0 Å². The molecule has 1 aliphatic heterocycles. The van der Waals surface area contributed by atoms with Gasteiger partial charge in [0, 0.05) is 6.04 Å². The largest absolute Gasteiger partial charge is 0.481 e. The monoisotopic (exact) mass is 197 g/mol. The SMILES string of the molecule is O=C(O)C1CCCNC2CCCCC21. The zero-order valence-electron chi connectivity index (χ0n) is 8.54. The molecule has 1 heterocycles. The van der Waals surface area contributed by atoms with E-state index in [0.29, 0.717) is 12.0 Å². The highest BCUT2D eigenvalue weighted by Gasteiger charge is 2.36. The molecule has 2 fully saturated rings. The summed E-state index contributed by atoms with van der Waals surface area (Å²) in [6.45, 7) is 1.00. The van der Waals surface area contributed by atoms with Crippen LogP contribution in [0.1, 0.15) is 38.5 Å². The Morgan fingerprint density at radius 3 is 2.71 bits per heavy atom. The second-order valence-corrected chi connectivity index (χ2v) is 4.60. The molecule has 2 rings (SSSR count). The highest BCUT2D eigenvalue weighted by Crippen LogP contribution is 2.34. The van der Waals surface area contributed by atoms with E-state index in [9.17, 15) is 9.90 Å². The summed E-state index contributed by atoms with van der Waals surface area (Å²) in [7, 11) is 0. The molecule has 14 heavy (non-hydrogen) atoms. The van der Waals surface area contributed by atoms with Crippen LogP contribution in [0.5, 0.6) is 0 Å². The fraction of sp³-hybridized carbons (Fsp3) is 0.909. The Labute approximate surface area is 84.9 Å². The van der Waals surface area contributed by atoms with Gasteiger partial charge in [0.05, 0.1) is 5.92 Å². The van der Waals surface area contributed by atoms with Gasteiger partial charge in [0.25, 0.3) is 0 Å². The third kappa shape index (κ3) is 1.92. The summed E-state index contributed by atoms with van der Waals surface area (Å²) in [5.74, 6) is -0.273. The van der Waals surface area contributed by atoms with E-state index in [2.05, 4.69) is 5.32 Å². The number of hydrogen-bond acceptors (Lipinski definition) is 2. The molecule has 80 valence electrons. The first kappa shape index (κ1) is 9.97. The number of aliphatic carboxylic acids is 1. The zero-order chi connectivity index (χ0) is 9.97. The van der Waals surface area contributed by atoms with Crippen molar-refractivity contribution in [2.24, 2.45) is 11.8 Å². The molecule has 0 aromatic carbocycles. The minimum atomic E-state index is -0.578. The van der Waals surface area contributed by atoms with Crippen molar-refractivity contribution in [2.45, 2.75) is 44.6 Å². The molecule has 2 N–H and O–H groups in total. The van der Waals surface area contributed by atoms with Crippen LogP contribution in [0.15, 0.2) is 0 Å². The summed E-state index contributed by atoms with van der Waals surface area (Å²) >= 11 is 0. The topological polar surface area (TPSA) is 49.3 Å². The maximum absolute atomic E-state index is 11.1. The van der Waals surface area contributed by atoms with Gasteiger partial charge in [-0.3, -0.25) is 4.79 Å². The number of nitrogens with one attached hydrogen (secondary N) is 1. The van der Waals surface area contributed by atoms with Gasteiger partial charge in [0.2, 0.25) is 0 Å². The molecule has 0 bridgehead atoms. The predicted octanol–water partition coefficient (Wildman–Crippen LogP) is 1.63. The third-order valence-corrected chi connectivity index (χ3v) is 3.75. The van der Waals surface area contributed by atoms with E-state index in [-0.39, 0.29) is 5.92 Å². The lowest BCUT2D eigenvalue weighted by Crippen LogP contribution is -2.41. The van der Waals surface area contributed by atoms with E-state index < -0.39 is 5.97 Å². The highest BCUT2D eigenvalue weighted by molar-refractivity contribution is 5.70. The number of carboxylic acids is 1. The van der Waals surface area contributed by atoms with Gasteiger partial charge in [-0.05, 0) is 38.1 Å². The molecule has 0 aromatic heterocycles. The lowest BCUT2D eigenvalue weighted by atomic mass is 9.76. The van der Waals surface area contributed by atoms with Gasteiger partial charge in [0.15, 0.2) is 0 Å². The molecule has 0 aromatic rings. The van der Waals surface area contributed by atoms with Crippen molar-refractivity contribution in [1.82, 2.24) is 5.32 Å². The average molecular weight is 197 g/mol. The van der Waals surface area contributed by atoms with Crippen LogP contribution < -0.4 is 5.32 Å². The Kier molecular flexibility index (Phi) is 3.06. The van der Waals surface area contributed by atoms with Crippen LogP contribution in [0.25, 0.3) is 0 Å². The maximum atomic E-state index is 11.1. The Morgan fingerprint density at radius 2 is 1.93 bits per heavy atom. The van der Waals surface area contributed by atoms with Gasteiger partial charge in [-0.25, -0.2) is 0 Å². The highest BCUT2D eigenvalue weighted by atomic mass is 16.4. The van der Waals surface area contributed by atoms with Crippen molar-refractivity contribution in [2.75, 3.05) is 6.54 Å². The molecule has 0 radical (unpaired) electrons. The van der Waals surface area contributed by atoms with Crippen molar-refractivity contribution in [3.05, 3.63) is 0 Å². The molecule has 3 unspecified atom stereocenters. The van der Waals surface area contributed by atoms with E-state index in [4.69, 9.17) is 0 Å². The number of carboxylic acid groups (broad SMARTS) is 1. The lowest BCUT2D eigenvalue weighted by molar-refractivity contribution is -0.144. The van der Waals surface area contributed by atoms with Crippen LogP contribution in [0.4, 0.5) is 0 Å². The first-order valence-electron chi connectivity index (χ1n) is 5.75. The zero-order valence-corrected chi connectivity index (χ0v) is 8.54. The normalized spacial score (nSPS) is 38.4. The van der Waals surface area contributed by atoms with Crippen LogP contribution in [0.2, 0.25) is 0 Å². The van der Waals surface area contributed by atoms with Gasteiger partial charge in [-0.15, -0.1) is 0 Å². The molecule has 0 spiro atoms. The van der Waals surface area contributed by atoms with Crippen molar-refractivity contribution in [3.63, 3.8) is 0 Å². The lowest BCUT2D eigenvalue weighted by Gasteiger charge is -2.33. The van der Waals surface area contributed by atoms with Crippen LogP contribution in [-0.2, 0) is 4.79 Å². The minimum absolute atomic E-state index is 0.0877. The van der Waals surface area contributed by atoms with Crippen molar-refractivity contribution >= 4 is 5.97 Å². The molecule has 3 nitrogen and oxygen atoms in total. The quantitative estimate of drug-likeness (QED) is 0.671. The Balaban J connectivity index is 2.10. The van der Waals surface area contributed by atoms with Gasteiger partial charge in [0.1, 0.15) is 0 Å². The summed E-state index contributed by atoms with van der Waals surface area (Å²) in [5, 5.41) is 12.7. The van der Waals surface area contributed by atoms with E-state index >= 15 is 0 Å². The van der Waals surface area contributed by atoms with E-state index in [1.165, 1.54) is 19.3 Å². The van der Waals surface area contributed by atoms with Gasteiger partial charge >= 0.3 is 5.97 Å². The van der Waals surface area contributed by atoms with Crippen LogP contribution >= 0.6 is 0 Å². The number of rotatable bonds is 1. The van der Waals surface area contributed by atoms with Crippen LogP contribution in [0.3, 0.4) is 0 Å². The van der Waals surface area contributed by atoms with Crippen LogP contribution in [0, 0.1) is 11.8 Å². The molecule has 1 saturated heterocycles. The molecule has 3 heteroatoms. The standard InChI is InChI=1S/C11H19NO2/c13-11(14)9-5-3-7-12-10-6-2-1-4-8(9)10/h8-10,12H,1-7H2,(H,13,14). The third-order valence-electron chi connectivity index (χ3n) is 3.75. The Bertz CT molecular complexity index is 217. The summed E-state index contributed by atoms with van der Waals surface area (Å²) in [5.41, 5.74) is 0. The summed E-state index contributed by atoms with van der Waals surface area (Å²) in [6.07, 6.45) is 6.64. The second-order valence-electron chi connectivity index (χ2n) is 4.60. The van der Waals surface area contributed by atoms with Crippen molar-refractivity contribution < 1.29 is 9.90 Å². The van der Waals surface area contributed by atoms with E-state index in [1.54, 1.807) is 0 Å². The molecule has 0 amide bonds. The predicted molar refractivity (Wildman–Crippen MR) is 54.1 cm³/mol. The van der Waals surface area contributed by atoms with E-state index in [1.807, 2.05) is 0 Å². The van der Waals surface area contributed by atoms with Crippen LogP contribution in [-0.4, -0.2) is 23.7 Å². The maximum Gasteiger partial charge on any atom is 0.306 e. The van der Waals surface area contributed by atoms with Gasteiger partial charge < -0.3 is 10.4 Å². The Hall–Kier alpha value is -0.570. The first-order chi connectivity index (χ1) is 6.79. The summed E-state index contributed by atoms with van der Waals surface area (Å²) < 4.78 is 0. The fourth-order valence-electron chi connectivity index (χ4n) is 3.02. The molecular formula is C11H19NO2. The molecule has 2 aliphatic rings. The van der Waals surface area contributed by atoms with Gasteiger partial charge in [-0.2, -0.15) is 0 Å². The number of carbonyl (C=O) groups is 1.